The highest BCUT2D eigenvalue weighted by atomic mass is 19.3. The second-order valence-corrected chi connectivity index (χ2v) is 5.91. The van der Waals surface area contributed by atoms with Gasteiger partial charge in [0.25, 0.3) is 6.43 Å². The summed E-state index contributed by atoms with van der Waals surface area (Å²) < 4.78 is 29.1. The molecule has 0 spiro atoms. The topological polar surface area (TPSA) is 38.7 Å². The Morgan fingerprint density at radius 3 is 2.47 bits per heavy atom. The van der Waals surface area contributed by atoms with Crippen molar-refractivity contribution in [2.24, 2.45) is 0 Å². The lowest BCUT2D eigenvalue weighted by molar-refractivity contribution is -0.751. The predicted octanol–water partition coefficient (Wildman–Crippen LogP) is 2.46. The van der Waals surface area contributed by atoms with Gasteiger partial charge in [-0.25, -0.2) is 13.8 Å². The van der Waals surface area contributed by atoms with E-state index in [-0.39, 0.29) is 17.5 Å². The van der Waals surface area contributed by atoms with Gasteiger partial charge in [-0.15, -0.1) is 0 Å². The van der Waals surface area contributed by atoms with Gasteiger partial charge in [0.15, 0.2) is 6.61 Å². The van der Waals surface area contributed by atoms with E-state index < -0.39 is 13.0 Å². The summed E-state index contributed by atoms with van der Waals surface area (Å²) in [7, 11) is 0. The molecule has 2 N–H and O–H groups in total. The van der Waals surface area contributed by atoms with Crippen LogP contribution in [0.25, 0.3) is 0 Å². The fourth-order valence-electron chi connectivity index (χ4n) is 1.97. The lowest BCUT2D eigenvalue weighted by atomic mass is 10.0. The molecule has 108 valence electrons. The van der Waals surface area contributed by atoms with Gasteiger partial charge in [0, 0.05) is 17.3 Å². The van der Waals surface area contributed by atoms with Crippen LogP contribution in [0.1, 0.15) is 44.9 Å². The molecule has 5 heteroatoms. The first-order valence-corrected chi connectivity index (χ1v) is 6.42. The van der Waals surface area contributed by atoms with Crippen molar-refractivity contribution in [1.29, 1.82) is 0 Å². The van der Waals surface area contributed by atoms with Crippen molar-refractivity contribution in [3.8, 4) is 5.88 Å². The molecule has 3 nitrogen and oxygen atoms in total. The SMILES string of the molecule is Cc1cc(C(C)[NH2+]C(C)(C)C)cnc1OCC(F)F. The molecule has 0 aliphatic rings. The molecule has 0 saturated carbocycles. The maximum absolute atomic E-state index is 12.1. The second-order valence-electron chi connectivity index (χ2n) is 5.91. The zero-order chi connectivity index (χ0) is 14.6. The van der Waals surface area contributed by atoms with Crippen molar-refractivity contribution >= 4 is 0 Å². The van der Waals surface area contributed by atoms with Gasteiger partial charge in [-0.3, -0.25) is 0 Å². The number of rotatable bonds is 5. The van der Waals surface area contributed by atoms with E-state index in [9.17, 15) is 8.78 Å². The molecule has 0 bridgehead atoms. The summed E-state index contributed by atoms with van der Waals surface area (Å²) in [4.78, 5) is 4.13. The zero-order valence-electron chi connectivity index (χ0n) is 12.2. The van der Waals surface area contributed by atoms with E-state index in [1.807, 2.05) is 13.0 Å². The molecule has 0 saturated heterocycles. The summed E-state index contributed by atoms with van der Waals surface area (Å²) in [5.41, 5.74) is 1.97. The average Bonchev–Trinajstić information content (AvgIpc) is 2.24. The molecule has 0 fully saturated rings. The highest BCUT2D eigenvalue weighted by Gasteiger charge is 2.20. The standard InChI is InChI=1S/C14H22F2N2O/c1-9-6-11(10(2)18-14(3,4)5)7-17-13(9)19-8-12(15)16/h6-7,10,12,18H,8H2,1-5H3/p+1. The number of ether oxygens (including phenoxy) is 1. The predicted molar refractivity (Wildman–Crippen MR) is 70.6 cm³/mol. The summed E-state index contributed by atoms with van der Waals surface area (Å²) in [5.74, 6) is 0.284. The van der Waals surface area contributed by atoms with Gasteiger partial charge in [0.2, 0.25) is 5.88 Å². The van der Waals surface area contributed by atoms with E-state index >= 15 is 0 Å². The molecule has 0 radical (unpaired) electrons. The number of halogens is 2. The van der Waals surface area contributed by atoms with Gasteiger partial charge >= 0.3 is 0 Å². The number of aryl methyl sites for hydroxylation is 1. The number of alkyl halides is 2. The Balaban J connectivity index is 2.76. The third-order valence-corrected chi connectivity index (χ3v) is 2.67. The first kappa shape index (κ1) is 15.8. The monoisotopic (exact) mass is 273 g/mol. The van der Waals surface area contributed by atoms with Crippen molar-refractivity contribution in [3.63, 3.8) is 0 Å². The first-order valence-electron chi connectivity index (χ1n) is 6.42. The van der Waals surface area contributed by atoms with Crippen molar-refractivity contribution in [2.75, 3.05) is 6.61 Å². The normalized spacial score (nSPS) is 13.7. The number of nitrogens with two attached hydrogens (primary N) is 1. The summed E-state index contributed by atoms with van der Waals surface area (Å²) in [6.07, 6.45) is -0.783. The Morgan fingerprint density at radius 1 is 1.37 bits per heavy atom. The van der Waals surface area contributed by atoms with Crippen LogP contribution < -0.4 is 10.1 Å². The van der Waals surface area contributed by atoms with Crippen LogP contribution in [0.4, 0.5) is 8.78 Å². The Kier molecular flexibility index (Phi) is 5.23. The molecule has 1 atom stereocenters. The Morgan fingerprint density at radius 2 is 2.00 bits per heavy atom. The molecule has 0 aliphatic carbocycles. The Labute approximate surface area is 113 Å². The number of quaternary nitrogens is 1. The van der Waals surface area contributed by atoms with Crippen molar-refractivity contribution < 1.29 is 18.8 Å². The van der Waals surface area contributed by atoms with E-state index in [0.29, 0.717) is 0 Å². The average molecular weight is 273 g/mol. The number of aromatic nitrogens is 1. The maximum atomic E-state index is 12.1. The smallest absolute Gasteiger partial charge is 0.272 e. The molecule has 1 heterocycles. The molecular weight excluding hydrogens is 250 g/mol. The molecule has 1 aromatic heterocycles. The van der Waals surface area contributed by atoms with Crippen LogP contribution in [0.15, 0.2) is 12.3 Å². The van der Waals surface area contributed by atoms with Gasteiger partial charge in [0.05, 0.1) is 5.54 Å². The van der Waals surface area contributed by atoms with Gasteiger partial charge in [0.1, 0.15) is 6.04 Å². The molecule has 19 heavy (non-hydrogen) atoms. The molecule has 0 aliphatic heterocycles. The number of hydrogen-bond donors (Lipinski definition) is 1. The van der Waals surface area contributed by atoms with Crippen molar-refractivity contribution in [1.82, 2.24) is 4.98 Å². The minimum atomic E-state index is -2.48. The van der Waals surface area contributed by atoms with E-state index in [2.05, 4.69) is 38.0 Å². The second kappa shape index (κ2) is 6.28. The van der Waals surface area contributed by atoms with Crippen LogP contribution in [0.3, 0.4) is 0 Å². The van der Waals surface area contributed by atoms with Crippen LogP contribution in [-0.2, 0) is 0 Å². The molecule has 1 aromatic rings. The first-order chi connectivity index (χ1) is 8.69. The van der Waals surface area contributed by atoms with Crippen molar-refractivity contribution in [3.05, 3.63) is 23.4 Å². The van der Waals surface area contributed by atoms with Crippen LogP contribution in [0.5, 0.6) is 5.88 Å². The minimum absolute atomic E-state index is 0.123. The largest absolute Gasteiger partial charge is 0.471 e. The fourth-order valence-corrected chi connectivity index (χ4v) is 1.97. The van der Waals surface area contributed by atoms with Crippen LogP contribution in [-0.4, -0.2) is 23.6 Å². The maximum Gasteiger partial charge on any atom is 0.272 e. The fraction of sp³-hybridized carbons (Fsp3) is 0.643. The van der Waals surface area contributed by atoms with Crippen LogP contribution >= 0.6 is 0 Å². The van der Waals surface area contributed by atoms with Gasteiger partial charge in [-0.1, -0.05) is 0 Å². The van der Waals surface area contributed by atoms with E-state index in [0.717, 1.165) is 11.1 Å². The lowest BCUT2D eigenvalue weighted by Gasteiger charge is -2.22. The number of nitrogens with zero attached hydrogens (tertiary/aromatic N) is 1. The Bertz CT molecular complexity index is 416. The Hall–Kier alpha value is -1.23. The highest BCUT2D eigenvalue weighted by Crippen LogP contribution is 2.19. The molecular formula is C14H23F2N2O+. The van der Waals surface area contributed by atoms with Gasteiger partial charge in [-0.05, 0) is 40.7 Å². The van der Waals surface area contributed by atoms with E-state index in [1.165, 1.54) is 0 Å². The highest BCUT2D eigenvalue weighted by molar-refractivity contribution is 5.29. The van der Waals surface area contributed by atoms with Crippen LogP contribution in [0, 0.1) is 6.92 Å². The van der Waals surface area contributed by atoms with E-state index in [1.54, 1.807) is 6.20 Å². The summed E-state index contributed by atoms with van der Waals surface area (Å²) >= 11 is 0. The lowest BCUT2D eigenvalue weighted by Crippen LogP contribution is -2.94. The molecule has 0 aromatic carbocycles. The zero-order valence-corrected chi connectivity index (χ0v) is 12.2. The summed E-state index contributed by atoms with van der Waals surface area (Å²) in [6.45, 7) is 9.73. The summed E-state index contributed by atoms with van der Waals surface area (Å²) in [5, 5.41) is 2.24. The quantitative estimate of drug-likeness (QED) is 0.895. The molecule has 1 rings (SSSR count). The minimum Gasteiger partial charge on any atom is -0.471 e. The molecule has 1 unspecified atom stereocenters. The van der Waals surface area contributed by atoms with Crippen LogP contribution in [0.2, 0.25) is 0 Å². The third-order valence-electron chi connectivity index (χ3n) is 2.67. The van der Waals surface area contributed by atoms with Gasteiger partial charge < -0.3 is 10.1 Å². The molecule has 0 amide bonds. The van der Waals surface area contributed by atoms with Gasteiger partial charge in [-0.2, -0.15) is 0 Å². The number of pyridine rings is 1. The summed E-state index contributed by atoms with van der Waals surface area (Å²) in [6, 6.07) is 2.20. The van der Waals surface area contributed by atoms with Crippen molar-refractivity contribution in [2.45, 2.75) is 52.6 Å². The number of hydrogen-bond acceptors (Lipinski definition) is 2. The third kappa shape index (κ3) is 5.51. The van der Waals surface area contributed by atoms with E-state index in [4.69, 9.17) is 4.74 Å².